The van der Waals surface area contributed by atoms with Gasteiger partial charge in [0.05, 0.1) is 12.0 Å². The van der Waals surface area contributed by atoms with Crippen LogP contribution in [-0.2, 0) is 10.0 Å². The van der Waals surface area contributed by atoms with Crippen LogP contribution < -0.4 is 19.5 Å². The Morgan fingerprint density at radius 1 is 1.10 bits per heavy atom. The van der Waals surface area contributed by atoms with Crippen LogP contribution in [0.15, 0.2) is 41.3 Å². The molecule has 0 aromatic heterocycles. The number of methoxy groups -OCH3 is 1. The smallest absolute Gasteiger partial charge is 0.255 e. The third kappa shape index (κ3) is 4.30. The molecule has 156 valence electrons. The van der Waals surface area contributed by atoms with Crippen LogP contribution >= 0.6 is 0 Å². The first-order valence-corrected chi connectivity index (χ1v) is 10.7. The van der Waals surface area contributed by atoms with E-state index in [2.05, 4.69) is 5.32 Å². The molecule has 0 radical (unpaired) electrons. The van der Waals surface area contributed by atoms with Crippen molar-refractivity contribution >= 4 is 21.6 Å². The van der Waals surface area contributed by atoms with Crippen molar-refractivity contribution < 1.29 is 27.4 Å². The highest BCUT2D eigenvalue weighted by Gasteiger charge is 2.23. The van der Waals surface area contributed by atoms with E-state index in [1.165, 1.54) is 23.5 Å². The average molecular weight is 420 g/mol. The van der Waals surface area contributed by atoms with Crippen LogP contribution in [0.1, 0.15) is 24.2 Å². The summed E-state index contributed by atoms with van der Waals surface area (Å²) in [6.45, 7) is 5.17. The highest BCUT2D eigenvalue weighted by atomic mass is 32.2. The number of nitrogens with zero attached hydrogens (tertiary/aromatic N) is 1. The van der Waals surface area contributed by atoms with Crippen molar-refractivity contribution in [1.29, 1.82) is 0 Å². The second kappa shape index (κ2) is 8.71. The van der Waals surface area contributed by atoms with Crippen LogP contribution in [0.3, 0.4) is 0 Å². The monoisotopic (exact) mass is 420 g/mol. The Labute approximate surface area is 170 Å². The molecule has 1 aliphatic heterocycles. The fourth-order valence-electron chi connectivity index (χ4n) is 3.03. The van der Waals surface area contributed by atoms with E-state index in [9.17, 15) is 13.2 Å². The second-order valence-corrected chi connectivity index (χ2v) is 8.21. The number of benzene rings is 2. The van der Waals surface area contributed by atoms with E-state index >= 15 is 0 Å². The number of ether oxygens (including phenoxy) is 3. The number of hydrogen-bond acceptors (Lipinski definition) is 6. The van der Waals surface area contributed by atoms with Crippen molar-refractivity contribution in [1.82, 2.24) is 4.31 Å². The highest BCUT2D eigenvalue weighted by molar-refractivity contribution is 7.89. The molecule has 1 heterocycles. The molecular formula is C20H24N2O6S. The van der Waals surface area contributed by atoms with Gasteiger partial charge in [0.2, 0.25) is 15.8 Å². The standard InChI is InChI=1S/C20H24N2O6S/c1-4-22(5-2)29(24,25)16-8-6-15(7-9-16)21-20(23)14-12-17(26-3)19-18(13-14)27-10-11-28-19/h6-9,12-13H,4-5,10-11H2,1-3H3,(H,21,23). The zero-order valence-electron chi connectivity index (χ0n) is 16.6. The normalized spacial score (nSPS) is 13.2. The molecule has 0 atom stereocenters. The maximum Gasteiger partial charge on any atom is 0.255 e. The van der Waals surface area contributed by atoms with E-state index in [1.54, 1.807) is 38.1 Å². The molecule has 0 spiro atoms. The average Bonchev–Trinajstić information content (AvgIpc) is 2.74. The molecular weight excluding hydrogens is 396 g/mol. The Morgan fingerprint density at radius 2 is 1.76 bits per heavy atom. The molecule has 9 heteroatoms. The quantitative estimate of drug-likeness (QED) is 0.740. The zero-order chi connectivity index (χ0) is 21.0. The number of sulfonamides is 1. The number of hydrogen-bond donors (Lipinski definition) is 1. The summed E-state index contributed by atoms with van der Waals surface area (Å²) >= 11 is 0. The van der Waals surface area contributed by atoms with E-state index in [1.807, 2.05) is 0 Å². The topological polar surface area (TPSA) is 94.2 Å². The molecule has 3 rings (SSSR count). The van der Waals surface area contributed by atoms with Gasteiger partial charge in [0.1, 0.15) is 13.2 Å². The van der Waals surface area contributed by atoms with Gasteiger partial charge in [-0.2, -0.15) is 4.31 Å². The van der Waals surface area contributed by atoms with Crippen LogP contribution in [0.4, 0.5) is 5.69 Å². The van der Waals surface area contributed by atoms with Gasteiger partial charge in [0.25, 0.3) is 5.91 Å². The van der Waals surface area contributed by atoms with E-state index < -0.39 is 10.0 Å². The number of anilines is 1. The summed E-state index contributed by atoms with van der Waals surface area (Å²) in [6.07, 6.45) is 0. The molecule has 0 saturated carbocycles. The van der Waals surface area contributed by atoms with Gasteiger partial charge in [-0.3, -0.25) is 4.79 Å². The lowest BCUT2D eigenvalue weighted by atomic mass is 10.1. The number of rotatable bonds is 7. The Hall–Kier alpha value is -2.78. The van der Waals surface area contributed by atoms with Gasteiger partial charge in [-0.05, 0) is 36.4 Å². The Bertz CT molecular complexity index is 968. The minimum Gasteiger partial charge on any atom is -0.493 e. The van der Waals surface area contributed by atoms with E-state index in [0.717, 1.165) is 0 Å². The van der Waals surface area contributed by atoms with Crippen LogP contribution in [0.25, 0.3) is 0 Å². The molecule has 0 unspecified atom stereocenters. The first kappa shape index (κ1) is 20.9. The van der Waals surface area contributed by atoms with E-state index in [0.29, 0.717) is 54.8 Å². The first-order valence-electron chi connectivity index (χ1n) is 9.29. The molecule has 8 nitrogen and oxygen atoms in total. The lowest BCUT2D eigenvalue weighted by Crippen LogP contribution is -2.30. The van der Waals surface area contributed by atoms with Gasteiger partial charge in [-0.1, -0.05) is 13.8 Å². The van der Waals surface area contributed by atoms with Gasteiger partial charge in [0, 0.05) is 24.3 Å². The van der Waals surface area contributed by atoms with Gasteiger partial charge in [0.15, 0.2) is 11.5 Å². The predicted molar refractivity (Wildman–Crippen MR) is 108 cm³/mol. The third-order valence-corrected chi connectivity index (χ3v) is 6.61. The minimum atomic E-state index is -3.54. The maximum atomic E-state index is 12.7. The molecule has 1 amide bonds. The fraction of sp³-hybridized carbons (Fsp3) is 0.350. The first-order chi connectivity index (χ1) is 13.9. The van der Waals surface area contributed by atoms with Crippen molar-refractivity contribution in [3.63, 3.8) is 0 Å². The van der Waals surface area contributed by atoms with Crippen LogP contribution in [-0.4, -0.2) is 52.0 Å². The van der Waals surface area contributed by atoms with Crippen molar-refractivity contribution in [3.05, 3.63) is 42.0 Å². The summed E-state index contributed by atoms with van der Waals surface area (Å²) in [6, 6.07) is 9.24. The van der Waals surface area contributed by atoms with E-state index in [-0.39, 0.29) is 10.8 Å². The van der Waals surface area contributed by atoms with Gasteiger partial charge in [-0.25, -0.2) is 8.42 Å². The molecule has 1 N–H and O–H groups in total. The summed E-state index contributed by atoms with van der Waals surface area (Å²) in [5.41, 5.74) is 0.813. The lowest BCUT2D eigenvalue weighted by Gasteiger charge is -2.21. The number of fused-ring (bicyclic) bond motifs is 1. The Balaban J connectivity index is 1.80. The Morgan fingerprint density at radius 3 is 2.38 bits per heavy atom. The summed E-state index contributed by atoms with van der Waals surface area (Å²) in [5, 5.41) is 2.75. The van der Waals surface area contributed by atoms with Gasteiger partial charge in [-0.15, -0.1) is 0 Å². The van der Waals surface area contributed by atoms with Crippen LogP contribution in [0.5, 0.6) is 17.2 Å². The molecule has 2 aromatic rings. The predicted octanol–water partition coefficient (Wildman–Crippen LogP) is 2.75. The van der Waals surface area contributed by atoms with Crippen LogP contribution in [0.2, 0.25) is 0 Å². The Kier molecular flexibility index (Phi) is 6.29. The SMILES string of the molecule is CCN(CC)S(=O)(=O)c1ccc(NC(=O)c2cc(OC)c3c(c2)OCCO3)cc1. The van der Waals surface area contributed by atoms with Crippen molar-refractivity contribution in [2.24, 2.45) is 0 Å². The lowest BCUT2D eigenvalue weighted by molar-refractivity contribution is 0.102. The van der Waals surface area contributed by atoms with Crippen molar-refractivity contribution in [2.45, 2.75) is 18.7 Å². The molecule has 2 aromatic carbocycles. The summed E-state index contributed by atoms with van der Waals surface area (Å²) < 4.78 is 42.9. The fourth-order valence-corrected chi connectivity index (χ4v) is 4.49. The van der Waals surface area contributed by atoms with Crippen LogP contribution in [0, 0.1) is 0 Å². The highest BCUT2D eigenvalue weighted by Crippen LogP contribution is 2.40. The largest absolute Gasteiger partial charge is 0.493 e. The van der Waals surface area contributed by atoms with Crippen molar-refractivity contribution in [2.75, 3.05) is 38.7 Å². The maximum absolute atomic E-state index is 12.7. The molecule has 1 aliphatic rings. The van der Waals surface area contributed by atoms with Gasteiger partial charge >= 0.3 is 0 Å². The minimum absolute atomic E-state index is 0.181. The number of carbonyl (C=O) groups excluding carboxylic acids is 1. The number of nitrogens with one attached hydrogen (secondary N) is 1. The third-order valence-electron chi connectivity index (χ3n) is 4.55. The van der Waals surface area contributed by atoms with E-state index in [4.69, 9.17) is 14.2 Å². The molecule has 0 saturated heterocycles. The summed E-state index contributed by atoms with van der Waals surface area (Å²) in [7, 11) is -2.05. The second-order valence-electron chi connectivity index (χ2n) is 6.27. The molecule has 0 aliphatic carbocycles. The summed E-state index contributed by atoms with van der Waals surface area (Å²) in [5.74, 6) is 0.954. The summed E-state index contributed by atoms with van der Waals surface area (Å²) in [4.78, 5) is 12.8. The molecule has 0 fully saturated rings. The van der Waals surface area contributed by atoms with Gasteiger partial charge < -0.3 is 19.5 Å². The zero-order valence-corrected chi connectivity index (χ0v) is 17.4. The molecule has 0 bridgehead atoms. The number of carbonyl (C=O) groups is 1. The number of amides is 1. The van der Waals surface area contributed by atoms with Crippen molar-refractivity contribution in [3.8, 4) is 17.2 Å². The molecule has 29 heavy (non-hydrogen) atoms.